The van der Waals surface area contributed by atoms with E-state index in [-0.39, 0.29) is 5.69 Å². The standard InChI is InChI=1S/C19H15N3O5/c1-26-16-4-2-3-5-17(16)27-18-11-8-14(12-20-18)21-19(23)13-6-9-15(10-7-13)22(24)25/h2-12H,1H3,(H,21,23). The minimum Gasteiger partial charge on any atom is -0.493 e. The molecule has 1 heterocycles. The number of anilines is 1. The van der Waals surface area contributed by atoms with Gasteiger partial charge in [-0.15, -0.1) is 0 Å². The predicted molar refractivity (Wildman–Crippen MR) is 98.4 cm³/mol. The van der Waals surface area contributed by atoms with E-state index in [4.69, 9.17) is 9.47 Å². The number of carbonyl (C=O) groups excluding carboxylic acids is 1. The number of non-ortho nitro benzene ring substituents is 1. The van der Waals surface area contributed by atoms with E-state index in [9.17, 15) is 14.9 Å². The number of nitro groups is 1. The minimum atomic E-state index is -0.522. The number of pyridine rings is 1. The van der Waals surface area contributed by atoms with Crippen molar-refractivity contribution in [2.45, 2.75) is 0 Å². The van der Waals surface area contributed by atoms with Crippen LogP contribution in [0.1, 0.15) is 10.4 Å². The van der Waals surface area contributed by atoms with Crippen LogP contribution in [0.15, 0.2) is 66.9 Å². The van der Waals surface area contributed by atoms with Crippen LogP contribution >= 0.6 is 0 Å². The number of hydrogen-bond acceptors (Lipinski definition) is 6. The van der Waals surface area contributed by atoms with Gasteiger partial charge in [0.25, 0.3) is 11.6 Å². The van der Waals surface area contributed by atoms with E-state index in [1.165, 1.54) is 30.5 Å². The van der Waals surface area contributed by atoms with Crippen molar-refractivity contribution in [3.05, 3.63) is 82.5 Å². The van der Waals surface area contributed by atoms with Crippen molar-refractivity contribution in [2.75, 3.05) is 12.4 Å². The number of nitro benzene ring substituents is 1. The number of aromatic nitrogens is 1. The van der Waals surface area contributed by atoms with Gasteiger partial charge in [0, 0.05) is 23.8 Å². The molecule has 3 aromatic rings. The molecule has 2 aromatic carbocycles. The molecule has 1 amide bonds. The summed E-state index contributed by atoms with van der Waals surface area (Å²) in [5.41, 5.74) is 0.687. The maximum Gasteiger partial charge on any atom is 0.269 e. The third-order valence-corrected chi connectivity index (χ3v) is 3.62. The summed E-state index contributed by atoms with van der Waals surface area (Å²) in [6, 6.07) is 15.7. The molecule has 0 aliphatic heterocycles. The highest BCUT2D eigenvalue weighted by molar-refractivity contribution is 6.04. The van der Waals surface area contributed by atoms with Gasteiger partial charge in [-0.05, 0) is 30.3 Å². The van der Waals surface area contributed by atoms with Crippen LogP contribution in [-0.4, -0.2) is 22.9 Å². The van der Waals surface area contributed by atoms with E-state index in [2.05, 4.69) is 10.3 Å². The van der Waals surface area contributed by atoms with E-state index < -0.39 is 10.8 Å². The fraction of sp³-hybridized carbons (Fsp3) is 0.0526. The van der Waals surface area contributed by atoms with Gasteiger partial charge < -0.3 is 14.8 Å². The van der Waals surface area contributed by atoms with Crippen molar-refractivity contribution in [2.24, 2.45) is 0 Å². The molecule has 27 heavy (non-hydrogen) atoms. The molecule has 8 nitrogen and oxygen atoms in total. The molecule has 3 rings (SSSR count). The quantitative estimate of drug-likeness (QED) is 0.522. The molecule has 0 aliphatic rings. The van der Waals surface area contributed by atoms with Crippen LogP contribution in [0.25, 0.3) is 0 Å². The molecule has 0 unspecified atom stereocenters. The molecule has 0 radical (unpaired) electrons. The molecule has 8 heteroatoms. The van der Waals surface area contributed by atoms with Gasteiger partial charge in [0.05, 0.1) is 23.9 Å². The first-order chi connectivity index (χ1) is 13.1. The second-order valence-corrected chi connectivity index (χ2v) is 5.40. The van der Waals surface area contributed by atoms with Crippen molar-refractivity contribution in [1.82, 2.24) is 4.98 Å². The zero-order valence-corrected chi connectivity index (χ0v) is 14.3. The van der Waals surface area contributed by atoms with Crippen LogP contribution in [0, 0.1) is 10.1 Å². The van der Waals surface area contributed by atoms with E-state index in [0.29, 0.717) is 28.6 Å². The number of carbonyl (C=O) groups is 1. The summed E-state index contributed by atoms with van der Waals surface area (Å²) in [4.78, 5) is 26.5. The van der Waals surface area contributed by atoms with Crippen molar-refractivity contribution in [3.63, 3.8) is 0 Å². The van der Waals surface area contributed by atoms with E-state index in [0.717, 1.165) is 0 Å². The Labute approximate surface area is 154 Å². The summed E-state index contributed by atoms with van der Waals surface area (Å²) < 4.78 is 10.9. The lowest BCUT2D eigenvalue weighted by Gasteiger charge is -2.10. The number of amides is 1. The average molecular weight is 365 g/mol. The molecule has 0 fully saturated rings. The molecule has 1 aromatic heterocycles. The highest BCUT2D eigenvalue weighted by Gasteiger charge is 2.10. The predicted octanol–water partition coefficient (Wildman–Crippen LogP) is 4.04. The highest BCUT2D eigenvalue weighted by Crippen LogP contribution is 2.30. The van der Waals surface area contributed by atoms with E-state index in [1.807, 2.05) is 12.1 Å². The monoisotopic (exact) mass is 365 g/mol. The zero-order chi connectivity index (χ0) is 19.2. The number of nitrogens with one attached hydrogen (secondary N) is 1. The average Bonchev–Trinajstić information content (AvgIpc) is 2.70. The number of hydrogen-bond donors (Lipinski definition) is 1. The van der Waals surface area contributed by atoms with E-state index >= 15 is 0 Å². The van der Waals surface area contributed by atoms with Gasteiger partial charge in [0.1, 0.15) is 0 Å². The number of methoxy groups -OCH3 is 1. The summed E-state index contributed by atoms with van der Waals surface area (Å²) in [5.74, 6) is 1.04. The first-order valence-corrected chi connectivity index (χ1v) is 7.89. The highest BCUT2D eigenvalue weighted by atomic mass is 16.6. The molecule has 0 saturated heterocycles. The molecule has 0 atom stereocenters. The van der Waals surface area contributed by atoms with Gasteiger partial charge in [0.15, 0.2) is 11.5 Å². The summed E-state index contributed by atoms with van der Waals surface area (Å²) in [7, 11) is 1.55. The summed E-state index contributed by atoms with van der Waals surface area (Å²) in [6.45, 7) is 0. The van der Waals surface area contributed by atoms with Crippen LogP contribution in [0.2, 0.25) is 0 Å². The number of ether oxygens (including phenoxy) is 2. The van der Waals surface area contributed by atoms with Crippen LogP contribution in [0.3, 0.4) is 0 Å². The van der Waals surface area contributed by atoms with Gasteiger partial charge >= 0.3 is 0 Å². The second kappa shape index (κ2) is 7.96. The Morgan fingerprint density at radius 2 is 1.74 bits per heavy atom. The summed E-state index contributed by atoms with van der Waals surface area (Å²) >= 11 is 0. The number of nitrogens with zero attached hydrogens (tertiary/aromatic N) is 2. The summed E-state index contributed by atoms with van der Waals surface area (Å²) in [5, 5.41) is 13.3. The Morgan fingerprint density at radius 3 is 2.33 bits per heavy atom. The Morgan fingerprint density at radius 1 is 1.04 bits per heavy atom. The largest absolute Gasteiger partial charge is 0.493 e. The maximum atomic E-state index is 12.2. The fourth-order valence-corrected chi connectivity index (χ4v) is 2.27. The van der Waals surface area contributed by atoms with Gasteiger partial charge in [-0.2, -0.15) is 0 Å². The zero-order valence-electron chi connectivity index (χ0n) is 14.3. The molecule has 0 spiro atoms. The molecule has 1 N–H and O–H groups in total. The molecule has 136 valence electrons. The lowest BCUT2D eigenvalue weighted by atomic mass is 10.2. The number of rotatable bonds is 6. The van der Waals surface area contributed by atoms with Crippen LogP contribution in [0.5, 0.6) is 17.4 Å². The van der Waals surface area contributed by atoms with E-state index in [1.54, 1.807) is 31.4 Å². The van der Waals surface area contributed by atoms with Gasteiger partial charge in [-0.3, -0.25) is 14.9 Å². The Hall–Kier alpha value is -3.94. The van der Waals surface area contributed by atoms with Crippen molar-refractivity contribution in [3.8, 4) is 17.4 Å². The Balaban J connectivity index is 1.66. The SMILES string of the molecule is COc1ccccc1Oc1ccc(NC(=O)c2ccc([N+](=O)[O-])cc2)cn1. The second-order valence-electron chi connectivity index (χ2n) is 5.40. The van der Waals surface area contributed by atoms with Crippen LogP contribution in [0.4, 0.5) is 11.4 Å². The smallest absolute Gasteiger partial charge is 0.269 e. The lowest BCUT2D eigenvalue weighted by Crippen LogP contribution is -2.12. The third kappa shape index (κ3) is 4.37. The summed E-state index contributed by atoms with van der Waals surface area (Å²) in [6.07, 6.45) is 1.45. The Kier molecular flexibility index (Phi) is 5.27. The van der Waals surface area contributed by atoms with Crippen molar-refractivity contribution in [1.29, 1.82) is 0 Å². The lowest BCUT2D eigenvalue weighted by molar-refractivity contribution is -0.384. The van der Waals surface area contributed by atoms with Gasteiger partial charge in [-0.1, -0.05) is 12.1 Å². The van der Waals surface area contributed by atoms with Crippen molar-refractivity contribution < 1.29 is 19.2 Å². The van der Waals surface area contributed by atoms with Crippen LogP contribution in [-0.2, 0) is 0 Å². The fourth-order valence-electron chi connectivity index (χ4n) is 2.27. The first kappa shape index (κ1) is 17.9. The molecule has 0 aliphatic carbocycles. The van der Waals surface area contributed by atoms with Gasteiger partial charge in [0.2, 0.25) is 5.88 Å². The first-order valence-electron chi connectivity index (χ1n) is 7.89. The van der Waals surface area contributed by atoms with Crippen molar-refractivity contribution >= 4 is 17.3 Å². The molecular formula is C19H15N3O5. The normalized spacial score (nSPS) is 10.1. The maximum absolute atomic E-state index is 12.2. The van der Waals surface area contributed by atoms with Gasteiger partial charge in [-0.25, -0.2) is 4.98 Å². The minimum absolute atomic E-state index is 0.0777. The molecule has 0 bridgehead atoms. The number of benzene rings is 2. The van der Waals surface area contributed by atoms with Crippen LogP contribution < -0.4 is 14.8 Å². The topological polar surface area (TPSA) is 104 Å². The molecule has 0 saturated carbocycles. The number of para-hydroxylation sites is 2. The Bertz CT molecular complexity index is 956. The third-order valence-electron chi connectivity index (χ3n) is 3.62. The molecular weight excluding hydrogens is 350 g/mol.